The van der Waals surface area contributed by atoms with Crippen LogP contribution >= 0.6 is 0 Å². The number of rotatable bonds is 1. The summed E-state index contributed by atoms with van der Waals surface area (Å²) >= 11 is 0. The van der Waals surface area contributed by atoms with Crippen molar-refractivity contribution in [2.75, 3.05) is 0 Å². The van der Waals surface area contributed by atoms with Crippen LogP contribution in [0.2, 0.25) is 0 Å². The lowest BCUT2D eigenvalue weighted by molar-refractivity contribution is 1.25. The number of hydrogen-bond acceptors (Lipinski definition) is 1. The molecule has 24 heavy (non-hydrogen) atoms. The Kier molecular flexibility index (Phi) is 2.74. The van der Waals surface area contributed by atoms with Gasteiger partial charge >= 0.3 is 0 Å². The number of nitrogens with zero attached hydrogens (tertiary/aromatic N) is 2. The first-order valence-electron chi connectivity index (χ1n) is 8.17. The maximum atomic E-state index is 4.91. The van der Waals surface area contributed by atoms with Crippen molar-refractivity contribution in [1.29, 1.82) is 0 Å². The lowest BCUT2D eigenvalue weighted by atomic mass is 10.1. The van der Waals surface area contributed by atoms with Crippen LogP contribution in [0.25, 0.3) is 38.7 Å². The lowest BCUT2D eigenvalue weighted by Gasteiger charge is -2.10. The molecule has 0 saturated heterocycles. The largest absolute Gasteiger partial charge is 0.292 e. The highest BCUT2D eigenvalue weighted by Crippen LogP contribution is 2.31. The number of imidazole rings is 1. The summed E-state index contributed by atoms with van der Waals surface area (Å²) in [6.45, 7) is 2.12. The van der Waals surface area contributed by atoms with Crippen LogP contribution in [-0.2, 0) is 0 Å². The van der Waals surface area contributed by atoms with Crippen molar-refractivity contribution in [1.82, 2.24) is 9.38 Å². The van der Waals surface area contributed by atoms with Crippen molar-refractivity contribution in [3.8, 4) is 11.3 Å². The minimum atomic E-state index is 1.02. The Bertz CT molecular complexity index is 1200. The Morgan fingerprint density at radius 2 is 1.54 bits per heavy atom. The molecule has 0 saturated carbocycles. The van der Waals surface area contributed by atoms with E-state index >= 15 is 0 Å². The summed E-state index contributed by atoms with van der Waals surface area (Å²) in [6, 6.07) is 27.8. The van der Waals surface area contributed by atoms with Gasteiger partial charge < -0.3 is 0 Å². The average molecular weight is 308 g/mol. The van der Waals surface area contributed by atoms with Gasteiger partial charge in [-0.3, -0.25) is 4.40 Å². The van der Waals surface area contributed by atoms with Gasteiger partial charge in [0.15, 0.2) is 0 Å². The third-order valence-corrected chi connectivity index (χ3v) is 4.64. The van der Waals surface area contributed by atoms with Gasteiger partial charge in [-0.05, 0) is 36.1 Å². The highest BCUT2D eigenvalue weighted by Gasteiger charge is 2.13. The zero-order valence-electron chi connectivity index (χ0n) is 13.4. The summed E-state index contributed by atoms with van der Waals surface area (Å²) < 4.78 is 2.28. The maximum Gasteiger partial charge on any atom is 0.146 e. The fourth-order valence-electron chi connectivity index (χ4n) is 3.43. The fraction of sp³-hybridized carbons (Fsp3) is 0.0455. The van der Waals surface area contributed by atoms with Gasteiger partial charge in [0.2, 0.25) is 0 Å². The van der Waals surface area contributed by atoms with Crippen molar-refractivity contribution in [2.45, 2.75) is 6.92 Å². The van der Waals surface area contributed by atoms with Gasteiger partial charge in [0.25, 0.3) is 0 Å². The van der Waals surface area contributed by atoms with Gasteiger partial charge in [-0.25, -0.2) is 4.98 Å². The summed E-state index contributed by atoms with van der Waals surface area (Å²) in [5, 5.41) is 2.40. The topological polar surface area (TPSA) is 17.3 Å². The van der Waals surface area contributed by atoms with Crippen LogP contribution in [0, 0.1) is 6.92 Å². The van der Waals surface area contributed by atoms with Crippen molar-refractivity contribution >= 4 is 27.5 Å². The molecule has 2 heteroatoms. The van der Waals surface area contributed by atoms with Crippen molar-refractivity contribution in [3.05, 3.63) is 84.4 Å². The molecule has 0 aliphatic heterocycles. The molecule has 5 aromatic rings. The molecule has 0 atom stereocenters. The monoisotopic (exact) mass is 308 g/mol. The number of aryl methyl sites for hydroxylation is 1. The molecule has 0 unspecified atom stereocenters. The molecule has 2 aromatic heterocycles. The summed E-state index contributed by atoms with van der Waals surface area (Å²) in [5.74, 6) is 0. The van der Waals surface area contributed by atoms with E-state index in [1.165, 1.54) is 27.6 Å². The van der Waals surface area contributed by atoms with Crippen LogP contribution in [0.15, 0.2) is 78.9 Å². The molecule has 0 N–H and O–H groups in total. The Morgan fingerprint density at radius 3 is 2.42 bits per heavy atom. The number of para-hydroxylation sites is 2. The van der Waals surface area contributed by atoms with E-state index in [1.807, 2.05) is 6.07 Å². The Labute approximate surface area is 140 Å². The Morgan fingerprint density at radius 1 is 0.792 bits per heavy atom. The first kappa shape index (κ1) is 13.3. The lowest BCUT2D eigenvalue weighted by Crippen LogP contribution is -1.93. The van der Waals surface area contributed by atoms with Crippen molar-refractivity contribution < 1.29 is 0 Å². The number of aromatic nitrogens is 2. The first-order chi connectivity index (χ1) is 11.8. The number of fused-ring (bicyclic) bond motifs is 5. The standard InChI is InChI=1S/C22H16N2/c1-15-10-12-16(13-11-15)21-14-17-6-2-3-7-18(17)22-23-19-8-4-5-9-20(19)24(21)22/h2-14H,1H3. The second-order valence-electron chi connectivity index (χ2n) is 6.24. The SMILES string of the molecule is Cc1ccc(-c2cc3ccccc3c3nc4ccccc4n23)cc1. The zero-order valence-corrected chi connectivity index (χ0v) is 13.4. The molecule has 0 fully saturated rings. The normalized spacial score (nSPS) is 11.5. The molecule has 0 bridgehead atoms. The molecule has 0 aliphatic rings. The third kappa shape index (κ3) is 1.86. The van der Waals surface area contributed by atoms with E-state index in [-0.39, 0.29) is 0 Å². The minimum Gasteiger partial charge on any atom is -0.292 e. The van der Waals surface area contributed by atoms with E-state index < -0.39 is 0 Å². The van der Waals surface area contributed by atoms with E-state index in [2.05, 4.69) is 84.1 Å². The Hall–Kier alpha value is -3.13. The third-order valence-electron chi connectivity index (χ3n) is 4.64. The second kappa shape index (κ2) is 4.93. The molecule has 0 amide bonds. The molecule has 114 valence electrons. The molecule has 3 aromatic carbocycles. The highest BCUT2D eigenvalue weighted by atomic mass is 15.0. The Balaban J connectivity index is 2.01. The van der Waals surface area contributed by atoms with E-state index in [9.17, 15) is 0 Å². The van der Waals surface area contributed by atoms with Crippen LogP contribution in [-0.4, -0.2) is 9.38 Å². The minimum absolute atomic E-state index is 1.02. The van der Waals surface area contributed by atoms with Gasteiger partial charge in [0.05, 0.1) is 16.7 Å². The van der Waals surface area contributed by atoms with E-state index in [0.717, 1.165) is 16.7 Å². The summed E-state index contributed by atoms with van der Waals surface area (Å²) in [4.78, 5) is 4.91. The maximum absolute atomic E-state index is 4.91. The second-order valence-corrected chi connectivity index (χ2v) is 6.24. The number of pyridine rings is 1. The highest BCUT2D eigenvalue weighted by molar-refractivity contribution is 6.01. The molecule has 5 rings (SSSR count). The predicted octanol–water partition coefficient (Wildman–Crippen LogP) is 5.62. The van der Waals surface area contributed by atoms with Crippen LogP contribution in [0.4, 0.5) is 0 Å². The average Bonchev–Trinajstić information content (AvgIpc) is 3.02. The number of benzene rings is 3. The van der Waals surface area contributed by atoms with Crippen molar-refractivity contribution in [2.24, 2.45) is 0 Å². The van der Waals surface area contributed by atoms with Crippen LogP contribution in [0.5, 0.6) is 0 Å². The van der Waals surface area contributed by atoms with Crippen LogP contribution < -0.4 is 0 Å². The van der Waals surface area contributed by atoms with Gasteiger partial charge in [0, 0.05) is 5.39 Å². The summed E-state index contributed by atoms with van der Waals surface area (Å²) in [5.41, 5.74) is 6.85. The molecule has 0 spiro atoms. The van der Waals surface area contributed by atoms with Crippen molar-refractivity contribution in [3.63, 3.8) is 0 Å². The molecule has 0 radical (unpaired) electrons. The zero-order chi connectivity index (χ0) is 16.1. The smallest absolute Gasteiger partial charge is 0.146 e. The molecule has 2 nitrogen and oxygen atoms in total. The molecular formula is C22H16N2. The van der Waals surface area contributed by atoms with Gasteiger partial charge in [-0.15, -0.1) is 0 Å². The summed E-state index contributed by atoms with van der Waals surface area (Å²) in [7, 11) is 0. The van der Waals surface area contributed by atoms with Crippen LogP contribution in [0.3, 0.4) is 0 Å². The van der Waals surface area contributed by atoms with Gasteiger partial charge in [-0.2, -0.15) is 0 Å². The van der Waals surface area contributed by atoms with E-state index in [0.29, 0.717) is 0 Å². The van der Waals surface area contributed by atoms with Gasteiger partial charge in [-0.1, -0.05) is 66.2 Å². The molecular weight excluding hydrogens is 292 g/mol. The first-order valence-corrected chi connectivity index (χ1v) is 8.17. The van der Waals surface area contributed by atoms with Crippen LogP contribution in [0.1, 0.15) is 5.56 Å². The summed E-state index contributed by atoms with van der Waals surface area (Å²) in [6.07, 6.45) is 0. The fourth-order valence-corrected chi connectivity index (χ4v) is 3.43. The molecule has 0 aliphatic carbocycles. The van der Waals surface area contributed by atoms with Gasteiger partial charge in [0.1, 0.15) is 5.65 Å². The number of hydrogen-bond donors (Lipinski definition) is 0. The quantitative estimate of drug-likeness (QED) is 0.393. The molecule has 2 heterocycles. The van der Waals surface area contributed by atoms with E-state index in [1.54, 1.807) is 0 Å². The van der Waals surface area contributed by atoms with E-state index in [4.69, 9.17) is 4.98 Å². The predicted molar refractivity (Wildman–Crippen MR) is 100 cm³/mol.